The molecule has 0 atom stereocenters. The van der Waals surface area contributed by atoms with E-state index in [9.17, 15) is 0 Å². The Morgan fingerprint density at radius 1 is 0.444 bits per heavy atom. The van der Waals surface area contributed by atoms with Crippen LogP contribution in [0.25, 0.3) is 9.75 Å². The molecule has 0 saturated heterocycles. The number of thiophene rings is 2. The molecule has 2 heterocycles. The van der Waals surface area contributed by atoms with Crippen LogP contribution in [-0.4, -0.2) is 36.8 Å². The minimum absolute atomic E-state index is 1.37. The van der Waals surface area contributed by atoms with Crippen LogP contribution in [0.5, 0.6) is 0 Å². The predicted molar refractivity (Wildman–Crippen MR) is 177 cm³/mol. The topological polar surface area (TPSA) is 0 Å². The third-order valence-corrected chi connectivity index (χ3v) is 43.1. The number of hydrogen-bond donors (Lipinski definition) is 0. The van der Waals surface area contributed by atoms with E-state index < -0.39 is 36.8 Å². The SMILES string of the molecule is CCC[CH2][Sn]([CH2]CCC)([CH2]CCC)[c]1ccsc1-c1scc[c]1[Sn]([CH2]CCC)([CH2]CCC)[CH2]CCC. The molecule has 0 aromatic carbocycles. The van der Waals surface area contributed by atoms with Gasteiger partial charge in [0.25, 0.3) is 0 Å². The quantitative estimate of drug-likeness (QED) is 0.112. The van der Waals surface area contributed by atoms with Gasteiger partial charge >= 0.3 is 244 Å². The van der Waals surface area contributed by atoms with Crippen LogP contribution >= 0.6 is 22.7 Å². The van der Waals surface area contributed by atoms with Gasteiger partial charge in [-0.15, -0.1) is 0 Å². The van der Waals surface area contributed by atoms with E-state index in [0.717, 1.165) is 0 Å². The first kappa shape index (κ1) is 33.2. The fourth-order valence-corrected chi connectivity index (χ4v) is 45.9. The standard InChI is InChI=1S/C8H4S2.6C4H9.2Sn/c1-3-7(9-5-1)8-4-2-6-10-8;6*1-3-4-2;;/h1-2,5-6H;6*1,3-4H2,2H3;;. The molecule has 0 radical (unpaired) electrons. The molecule has 0 nitrogen and oxygen atoms in total. The summed E-state index contributed by atoms with van der Waals surface area (Å²) >= 11 is -0.664. The van der Waals surface area contributed by atoms with Gasteiger partial charge in [0.1, 0.15) is 0 Å². The monoisotopic (exact) mass is 746 g/mol. The minimum atomic E-state index is -2.46. The van der Waals surface area contributed by atoms with Gasteiger partial charge < -0.3 is 0 Å². The fraction of sp³-hybridized carbons (Fsp3) is 0.750. The van der Waals surface area contributed by atoms with Crippen molar-refractivity contribution >= 4 is 66.6 Å². The maximum atomic E-state index is 2.67. The third kappa shape index (κ3) is 9.01. The maximum absolute atomic E-state index is 2.67. The van der Waals surface area contributed by atoms with E-state index in [1.165, 1.54) is 77.0 Å². The predicted octanol–water partition coefficient (Wildman–Crippen LogP) is 11.6. The van der Waals surface area contributed by atoms with Crippen LogP contribution < -0.4 is 7.16 Å². The van der Waals surface area contributed by atoms with Crippen molar-refractivity contribution in [3.8, 4) is 9.75 Å². The molecule has 4 heteroatoms. The van der Waals surface area contributed by atoms with Crippen LogP contribution in [0, 0.1) is 0 Å². The zero-order valence-electron chi connectivity index (χ0n) is 24.9. The van der Waals surface area contributed by atoms with Crippen LogP contribution in [0.3, 0.4) is 0 Å². The summed E-state index contributed by atoms with van der Waals surface area (Å²) in [6, 6.07) is 5.34. The summed E-state index contributed by atoms with van der Waals surface area (Å²) in [4.78, 5) is 3.56. The zero-order chi connectivity index (χ0) is 26.3. The van der Waals surface area contributed by atoms with Crippen molar-refractivity contribution < 1.29 is 0 Å². The third-order valence-electron chi connectivity index (χ3n) is 8.73. The van der Waals surface area contributed by atoms with E-state index >= 15 is 0 Å². The van der Waals surface area contributed by atoms with Crippen molar-refractivity contribution in [1.82, 2.24) is 0 Å². The average Bonchev–Trinajstić information content (AvgIpc) is 3.59. The van der Waals surface area contributed by atoms with Crippen LogP contribution in [0.2, 0.25) is 26.6 Å². The van der Waals surface area contributed by atoms with E-state index in [1.54, 1.807) is 36.4 Å². The normalized spacial score (nSPS) is 12.5. The second kappa shape index (κ2) is 18.4. The van der Waals surface area contributed by atoms with Gasteiger partial charge in [0, 0.05) is 0 Å². The number of unbranched alkanes of at least 4 members (excludes halogenated alkanes) is 6. The Balaban J connectivity index is 2.64. The second-order valence-corrected chi connectivity index (χ2v) is 39.6. The van der Waals surface area contributed by atoms with Gasteiger partial charge in [-0.25, -0.2) is 0 Å². The molecular formula is C32H58S2Sn2. The summed E-state index contributed by atoms with van der Waals surface area (Å²) in [6.45, 7) is 14.5. The summed E-state index contributed by atoms with van der Waals surface area (Å²) in [6.07, 6.45) is 17.0. The molecular weight excluding hydrogens is 686 g/mol. The van der Waals surface area contributed by atoms with E-state index in [2.05, 4.69) is 87.1 Å². The summed E-state index contributed by atoms with van der Waals surface area (Å²) in [5, 5.41) is 5.01. The Morgan fingerprint density at radius 3 is 0.917 bits per heavy atom. The van der Waals surface area contributed by atoms with Gasteiger partial charge in [-0.05, 0) is 0 Å². The first-order chi connectivity index (χ1) is 17.6. The Morgan fingerprint density at radius 2 is 0.694 bits per heavy atom. The molecule has 2 aromatic rings. The van der Waals surface area contributed by atoms with Gasteiger partial charge in [0.15, 0.2) is 0 Å². The summed E-state index contributed by atoms with van der Waals surface area (Å²) in [5.41, 5.74) is 0. The van der Waals surface area contributed by atoms with Crippen LogP contribution in [-0.2, 0) is 0 Å². The van der Waals surface area contributed by atoms with E-state index in [-0.39, 0.29) is 0 Å². The summed E-state index contributed by atoms with van der Waals surface area (Å²) < 4.78 is 13.4. The van der Waals surface area contributed by atoms with Crippen molar-refractivity contribution in [3.63, 3.8) is 0 Å². The molecule has 0 fully saturated rings. The molecule has 0 aliphatic carbocycles. The average molecular weight is 744 g/mol. The molecule has 36 heavy (non-hydrogen) atoms. The Hall–Kier alpha value is 0.997. The molecule has 206 valence electrons. The molecule has 2 aromatic heterocycles. The molecule has 0 aliphatic rings. The second-order valence-electron chi connectivity index (χ2n) is 11.5. The first-order valence-electron chi connectivity index (χ1n) is 15.7. The molecule has 0 spiro atoms. The van der Waals surface area contributed by atoms with Gasteiger partial charge in [0.2, 0.25) is 0 Å². The van der Waals surface area contributed by atoms with Crippen LogP contribution in [0.15, 0.2) is 22.9 Å². The zero-order valence-corrected chi connectivity index (χ0v) is 32.2. The van der Waals surface area contributed by atoms with Crippen molar-refractivity contribution in [3.05, 3.63) is 22.9 Å². The number of hydrogen-bond acceptors (Lipinski definition) is 2. The van der Waals surface area contributed by atoms with Gasteiger partial charge in [-0.1, -0.05) is 0 Å². The van der Waals surface area contributed by atoms with Crippen molar-refractivity contribution in [1.29, 1.82) is 0 Å². The molecule has 0 unspecified atom stereocenters. The van der Waals surface area contributed by atoms with Crippen molar-refractivity contribution in [2.45, 2.75) is 145 Å². The van der Waals surface area contributed by atoms with Crippen LogP contribution in [0.1, 0.15) is 119 Å². The van der Waals surface area contributed by atoms with Gasteiger partial charge in [0.05, 0.1) is 0 Å². The molecule has 0 N–H and O–H groups in total. The Bertz CT molecular complexity index is 710. The van der Waals surface area contributed by atoms with Gasteiger partial charge in [-0.3, -0.25) is 0 Å². The summed E-state index contributed by atoms with van der Waals surface area (Å²) in [7, 11) is 0. The molecule has 0 amide bonds. The van der Waals surface area contributed by atoms with E-state index in [1.807, 2.05) is 7.16 Å². The van der Waals surface area contributed by atoms with Crippen molar-refractivity contribution in [2.24, 2.45) is 0 Å². The fourth-order valence-electron chi connectivity index (χ4n) is 6.45. The van der Waals surface area contributed by atoms with Crippen LogP contribution in [0.4, 0.5) is 0 Å². The first-order valence-corrected chi connectivity index (χ1v) is 32.5. The van der Waals surface area contributed by atoms with Crippen molar-refractivity contribution in [2.75, 3.05) is 0 Å². The van der Waals surface area contributed by atoms with E-state index in [0.29, 0.717) is 0 Å². The molecule has 0 aliphatic heterocycles. The molecule has 0 bridgehead atoms. The molecule has 0 saturated carbocycles. The molecule has 2 rings (SSSR count). The Kier molecular flexibility index (Phi) is 16.9. The number of rotatable bonds is 21. The Labute approximate surface area is 242 Å². The van der Waals surface area contributed by atoms with Gasteiger partial charge in [-0.2, -0.15) is 0 Å². The summed E-state index contributed by atoms with van der Waals surface area (Å²) in [5.74, 6) is 0. The van der Waals surface area contributed by atoms with E-state index in [4.69, 9.17) is 0 Å².